The number of hydrogen-bond donors (Lipinski definition) is 2. The minimum atomic E-state index is -3.60. The molecule has 3 N–H and O–H groups in total. The molecule has 2 amide bonds. The van der Waals surface area contributed by atoms with Crippen molar-refractivity contribution in [1.82, 2.24) is 9.78 Å². The summed E-state index contributed by atoms with van der Waals surface area (Å²) in [5, 5.41) is 12.9. The van der Waals surface area contributed by atoms with Gasteiger partial charge in [-0.1, -0.05) is 0 Å². The molecular weight excluding hydrogens is 425 g/mol. The van der Waals surface area contributed by atoms with Crippen molar-refractivity contribution in [2.75, 3.05) is 19.0 Å². The normalized spacial score (nSPS) is 20.5. The zero-order chi connectivity index (χ0) is 21.8. The quantitative estimate of drug-likeness (QED) is 0.742. The SMILES string of the molecule is COC[C@H]1Cn2ncc([S@](N)(=O)=NC(=O)Nc3c4c(c(F)c5c3CCC5)CCC4)c2O1. The van der Waals surface area contributed by atoms with Crippen LogP contribution in [0.25, 0.3) is 0 Å². The number of fused-ring (bicyclic) bond motifs is 3. The number of nitrogens with one attached hydrogen (secondary N) is 1. The zero-order valence-corrected chi connectivity index (χ0v) is 18.0. The smallest absolute Gasteiger partial charge is 0.354 e. The fourth-order valence-corrected chi connectivity index (χ4v) is 5.80. The lowest BCUT2D eigenvalue weighted by Crippen LogP contribution is -2.22. The van der Waals surface area contributed by atoms with E-state index in [-0.39, 0.29) is 22.7 Å². The number of carbonyl (C=O) groups is 1. The number of amides is 2. The standard InChI is InChI=1S/C20H24FN5O4S/c1-29-10-11-9-26-19(30-11)16(8-23-26)31(22,28)25-20(27)24-18-14-6-2-4-12(14)17(21)13-5-3-7-15(13)18/h8,11H,2-7,9-10H2,1H3,(H3,22,24,25,27,28)/t11-,31-/m1/s1. The summed E-state index contributed by atoms with van der Waals surface area (Å²) in [6, 6.07) is -0.825. The Morgan fingerprint density at radius 2 is 1.97 bits per heavy atom. The average Bonchev–Trinajstić information content (AvgIpc) is 3.47. The number of urea groups is 1. The molecule has 0 spiro atoms. The van der Waals surface area contributed by atoms with E-state index >= 15 is 0 Å². The number of benzene rings is 1. The van der Waals surface area contributed by atoms with Crippen molar-refractivity contribution >= 4 is 21.6 Å². The second kappa shape index (κ2) is 7.57. The molecular formula is C20H24FN5O4S. The lowest BCUT2D eigenvalue weighted by atomic mass is 9.98. The molecule has 3 aliphatic rings. The third-order valence-electron chi connectivity index (χ3n) is 6.10. The van der Waals surface area contributed by atoms with E-state index in [4.69, 9.17) is 14.6 Å². The molecule has 2 heterocycles. The van der Waals surface area contributed by atoms with Crippen molar-refractivity contribution < 1.29 is 22.9 Å². The molecule has 0 saturated carbocycles. The van der Waals surface area contributed by atoms with Gasteiger partial charge in [0.05, 0.1) is 19.3 Å². The zero-order valence-electron chi connectivity index (χ0n) is 17.1. The Bertz CT molecular complexity index is 1170. The van der Waals surface area contributed by atoms with Crippen molar-refractivity contribution in [1.29, 1.82) is 0 Å². The molecule has 1 aromatic carbocycles. The number of rotatable bonds is 4. The Kier molecular flexibility index (Phi) is 4.98. The van der Waals surface area contributed by atoms with Crippen LogP contribution in [0.2, 0.25) is 0 Å². The number of hydrogen-bond acceptors (Lipinski definition) is 5. The van der Waals surface area contributed by atoms with Crippen LogP contribution in [0.5, 0.6) is 5.88 Å². The fourth-order valence-electron chi connectivity index (χ4n) is 4.81. The van der Waals surface area contributed by atoms with Crippen LogP contribution in [0, 0.1) is 5.82 Å². The van der Waals surface area contributed by atoms with E-state index in [9.17, 15) is 13.4 Å². The molecule has 9 nitrogen and oxygen atoms in total. The number of methoxy groups -OCH3 is 1. The van der Waals surface area contributed by atoms with E-state index in [1.54, 1.807) is 7.11 Å². The van der Waals surface area contributed by atoms with Crippen molar-refractivity contribution in [3.05, 3.63) is 34.3 Å². The molecule has 0 saturated heterocycles. The summed E-state index contributed by atoms with van der Waals surface area (Å²) >= 11 is 0. The molecule has 0 fully saturated rings. The van der Waals surface area contributed by atoms with Crippen LogP contribution in [0.3, 0.4) is 0 Å². The summed E-state index contributed by atoms with van der Waals surface area (Å²) in [5.74, 6) is 0.102. The minimum absolute atomic E-state index is 0.0656. The highest BCUT2D eigenvalue weighted by Crippen LogP contribution is 2.41. The van der Waals surface area contributed by atoms with Gasteiger partial charge in [-0.05, 0) is 60.8 Å². The van der Waals surface area contributed by atoms with Gasteiger partial charge in [0.2, 0.25) is 5.88 Å². The average molecular weight is 450 g/mol. The molecule has 0 unspecified atom stereocenters. The minimum Gasteiger partial charge on any atom is -0.469 e. The van der Waals surface area contributed by atoms with E-state index in [0.29, 0.717) is 55.6 Å². The van der Waals surface area contributed by atoms with Gasteiger partial charge in [0.15, 0.2) is 9.92 Å². The summed E-state index contributed by atoms with van der Waals surface area (Å²) < 4.78 is 44.0. The topological polar surface area (TPSA) is 121 Å². The highest BCUT2D eigenvalue weighted by atomic mass is 32.2. The number of halogens is 1. The molecule has 166 valence electrons. The fraction of sp³-hybridized carbons (Fsp3) is 0.500. The molecule has 2 aromatic rings. The number of anilines is 1. The first kappa shape index (κ1) is 20.4. The van der Waals surface area contributed by atoms with Gasteiger partial charge < -0.3 is 14.8 Å². The Hall–Kier alpha value is -2.50. The van der Waals surface area contributed by atoms with Gasteiger partial charge in [0.25, 0.3) is 0 Å². The summed E-state index contributed by atoms with van der Waals surface area (Å²) in [4.78, 5) is 12.8. The lowest BCUT2D eigenvalue weighted by Gasteiger charge is -2.16. The van der Waals surface area contributed by atoms with E-state index in [1.165, 1.54) is 10.9 Å². The van der Waals surface area contributed by atoms with Gasteiger partial charge in [0, 0.05) is 12.8 Å². The van der Waals surface area contributed by atoms with Crippen molar-refractivity contribution in [3.63, 3.8) is 0 Å². The largest absolute Gasteiger partial charge is 0.469 e. The van der Waals surface area contributed by atoms with Crippen LogP contribution in [-0.4, -0.2) is 39.8 Å². The van der Waals surface area contributed by atoms with Gasteiger partial charge in [-0.3, -0.25) is 0 Å². The van der Waals surface area contributed by atoms with E-state index in [1.807, 2.05) is 0 Å². The number of aromatic nitrogens is 2. The predicted molar refractivity (Wildman–Crippen MR) is 111 cm³/mol. The van der Waals surface area contributed by atoms with Gasteiger partial charge in [-0.15, -0.1) is 4.36 Å². The summed E-state index contributed by atoms with van der Waals surface area (Å²) in [6.07, 6.45) is 5.41. The number of nitrogens with zero attached hydrogens (tertiary/aromatic N) is 3. The molecule has 1 aromatic heterocycles. The first-order chi connectivity index (χ1) is 14.9. The maximum atomic E-state index is 14.8. The Labute approximate surface area is 179 Å². The predicted octanol–water partition coefficient (Wildman–Crippen LogP) is 2.34. The van der Waals surface area contributed by atoms with Crippen molar-refractivity contribution in [2.45, 2.75) is 56.1 Å². The van der Waals surface area contributed by atoms with Crippen molar-refractivity contribution in [2.24, 2.45) is 9.50 Å². The first-order valence-electron chi connectivity index (χ1n) is 10.3. The monoisotopic (exact) mass is 449 g/mol. The van der Waals surface area contributed by atoms with Crippen LogP contribution in [0.1, 0.15) is 35.1 Å². The first-order valence-corrected chi connectivity index (χ1v) is 11.9. The van der Waals surface area contributed by atoms with Gasteiger partial charge >= 0.3 is 6.03 Å². The van der Waals surface area contributed by atoms with Gasteiger partial charge in [0.1, 0.15) is 16.8 Å². The Balaban J connectivity index is 1.45. The summed E-state index contributed by atoms with van der Waals surface area (Å²) in [6.45, 7) is 0.770. The summed E-state index contributed by atoms with van der Waals surface area (Å²) in [5.41, 5.74) is 3.61. The molecule has 2 aliphatic carbocycles. The summed E-state index contributed by atoms with van der Waals surface area (Å²) in [7, 11) is -2.04. The molecule has 0 radical (unpaired) electrons. The van der Waals surface area contributed by atoms with Crippen molar-refractivity contribution in [3.8, 4) is 5.88 Å². The molecule has 1 aliphatic heterocycles. The van der Waals surface area contributed by atoms with E-state index < -0.39 is 15.9 Å². The highest BCUT2D eigenvalue weighted by Gasteiger charge is 2.32. The number of nitrogens with two attached hydrogens (primary N) is 1. The Morgan fingerprint density at radius 3 is 2.61 bits per heavy atom. The van der Waals surface area contributed by atoms with Crippen LogP contribution < -0.4 is 15.2 Å². The molecule has 0 bridgehead atoms. The van der Waals surface area contributed by atoms with Crippen LogP contribution in [-0.2, 0) is 46.9 Å². The van der Waals surface area contributed by atoms with Crippen LogP contribution in [0.4, 0.5) is 14.9 Å². The molecule has 5 rings (SSSR count). The Morgan fingerprint density at radius 1 is 1.32 bits per heavy atom. The third kappa shape index (κ3) is 3.40. The highest BCUT2D eigenvalue weighted by molar-refractivity contribution is 7.91. The maximum absolute atomic E-state index is 14.8. The third-order valence-corrected chi connectivity index (χ3v) is 7.45. The lowest BCUT2D eigenvalue weighted by molar-refractivity contribution is 0.0920. The van der Waals surface area contributed by atoms with Gasteiger partial charge in [-0.2, -0.15) is 5.10 Å². The second-order valence-electron chi connectivity index (χ2n) is 8.09. The van der Waals surface area contributed by atoms with Crippen LogP contribution in [0.15, 0.2) is 15.5 Å². The molecule has 31 heavy (non-hydrogen) atoms. The second-order valence-corrected chi connectivity index (χ2v) is 9.85. The van der Waals surface area contributed by atoms with E-state index in [0.717, 1.165) is 24.0 Å². The molecule has 2 atom stereocenters. The van der Waals surface area contributed by atoms with E-state index in [2.05, 4.69) is 14.8 Å². The van der Waals surface area contributed by atoms with Crippen LogP contribution >= 0.6 is 0 Å². The number of ether oxygens (including phenoxy) is 2. The molecule has 11 heteroatoms. The maximum Gasteiger partial charge on any atom is 0.354 e. The van der Waals surface area contributed by atoms with Gasteiger partial charge in [-0.25, -0.2) is 23.2 Å². The number of carbonyl (C=O) groups excluding carboxylic acids is 1.